The second-order valence-electron chi connectivity index (χ2n) is 4.38. The van der Waals surface area contributed by atoms with E-state index in [2.05, 4.69) is 21.2 Å². The minimum atomic E-state index is -0.419. The van der Waals surface area contributed by atoms with E-state index in [-0.39, 0.29) is 17.6 Å². The number of hydrogen-bond acceptors (Lipinski definition) is 2. The van der Waals surface area contributed by atoms with Crippen molar-refractivity contribution >= 4 is 21.6 Å². The zero-order chi connectivity index (χ0) is 14.7. The molecule has 2 aromatic carbocycles. The van der Waals surface area contributed by atoms with Gasteiger partial charge in [-0.25, -0.2) is 8.78 Å². The van der Waals surface area contributed by atoms with Gasteiger partial charge in [0.1, 0.15) is 5.82 Å². The Kier molecular flexibility index (Phi) is 4.60. The Morgan fingerprint density at radius 1 is 1.15 bits per heavy atom. The molecule has 1 atom stereocenters. The summed E-state index contributed by atoms with van der Waals surface area (Å²) in [5.74, 6) is -0.548. The fourth-order valence-electron chi connectivity index (χ4n) is 1.88. The van der Waals surface area contributed by atoms with Crippen molar-refractivity contribution in [1.82, 2.24) is 0 Å². The maximum atomic E-state index is 13.7. The predicted molar refractivity (Wildman–Crippen MR) is 79.1 cm³/mol. The van der Waals surface area contributed by atoms with Crippen molar-refractivity contribution in [1.29, 1.82) is 0 Å². The van der Waals surface area contributed by atoms with Crippen molar-refractivity contribution in [3.05, 3.63) is 58.1 Å². The summed E-state index contributed by atoms with van der Waals surface area (Å²) in [7, 11) is 1.42. The van der Waals surface area contributed by atoms with E-state index < -0.39 is 5.82 Å². The average Bonchev–Trinajstić information content (AvgIpc) is 2.42. The van der Waals surface area contributed by atoms with Crippen LogP contribution in [0.2, 0.25) is 0 Å². The minimum absolute atomic E-state index is 0.173. The third-order valence-electron chi connectivity index (χ3n) is 2.98. The second kappa shape index (κ2) is 6.22. The highest BCUT2D eigenvalue weighted by atomic mass is 79.9. The summed E-state index contributed by atoms with van der Waals surface area (Å²) in [6, 6.07) is 8.96. The van der Waals surface area contributed by atoms with E-state index >= 15 is 0 Å². The number of benzene rings is 2. The van der Waals surface area contributed by atoms with Crippen LogP contribution in [0.4, 0.5) is 14.5 Å². The summed E-state index contributed by atoms with van der Waals surface area (Å²) in [5.41, 5.74) is 1.37. The zero-order valence-electron chi connectivity index (χ0n) is 11.1. The minimum Gasteiger partial charge on any atom is -0.494 e. The highest BCUT2D eigenvalue weighted by molar-refractivity contribution is 9.10. The summed E-state index contributed by atoms with van der Waals surface area (Å²) in [4.78, 5) is 0. The summed E-state index contributed by atoms with van der Waals surface area (Å²) < 4.78 is 32.5. The first kappa shape index (κ1) is 14.8. The molecule has 0 aromatic heterocycles. The summed E-state index contributed by atoms with van der Waals surface area (Å²) >= 11 is 3.35. The predicted octanol–water partition coefficient (Wildman–Crippen LogP) is 4.91. The molecular weight excluding hydrogens is 328 g/mol. The molecule has 0 bridgehead atoms. The molecule has 1 unspecified atom stereocenters. The van der Waals surface area contributed by atoms with Crippen LogP contribution in [0.1, 0.15) is 18.5 Å². The Labute approximate surface area is 124 Å². The first-order valence-corrected chi connectivity index (χ1v) is 6.85. The third kappa shape index (κ3) is 3.28. The van der Waals surface area contributed by atoms with Gasteiger partial charge in [0.15, 0.2) is 11.6 Å². The van der Waals surface area contributed by atoms with Crippen molar-refractivity contribution < 1.29 is 13.5 Å². The van der Waals surface area contributed by atoms with Crippen LogP contribution in [-0.4, -0.2) is 7.11 Å². The fourth-order valence-corrected chi connectivity index (χ4v) is 2.24. The number of rotatable bonds is 4. The number of hydrogen-bond donors (Lipinski definition) is 1. The van der Waals surface area contributed by atoms with Gasteiger partial charge in [-0.15, -0.1) is 0 Å². The van der Waals surface area contributed by atoms with Gasteiger partial charge in [0.25, 0.3) is 0 Å². The second-order valence-corrected chi connectivity index (χ2v) is 5.24. The quantitative estimate of drug-likeness (QED) is 0.853. The van der Waals surface area contributed by atoms with Crippen LogP contribution < -0.4 is 10.1 Å². The van der Waals surface area contributed by atoms with Crippen LogP contribution in [0.3, 0.4) is 0 Å². The van der Waals surface area contributed by atoms with Crippen molar-refractivity contribution in [2.75, 3.05) is 12.4 Å². The largest absolute Gasteiger partial charge is 0.494 e. The lowest BCUT2D eigenvalue weighted by molar-refractivity contribution is 0.386. The summed E-state index contributed by atoms with van der Waals surface area (Å²) in [6.07, 6.45) is 0. The first-order chi connectivity index (χ1) is 9.51. The van der Waals surface area contributed by atoms with Gasteiger partial charge in [-0.05, 0) is 58.7 Å². The molecule has 2 aromatic rings. The van der Waals surface area contributed by atoms with E-state index in [1.54, 1.807) is 18.2 Å². The monoisotopic (exact) mass is 341 g/mol. The highest BCUT2D eigenvalue weighted by Crippen LogP contribution is 2.28. The molecule has 5 heteroatoms. The van der Waals surface area contributed by atoms with E-state index in [9.17, 15) is 8.78 Å². The molecule has 0 aliphatic rings. The molecule has 0 radical (unpaired) electrons. The topological polar surface area (TPSA) is 21.3 Å². The molecule has 0 saturated carbocycles. The Balaban J connectivity index is 2.21. The maximum Gasteiger partial charge on any atom is 0.165 e. The standard InChI is InChI=1S/C15H14BrF2NO/c1-9(10-3-6-15(20-2)13(18)7-10)19-14-8-11(17)4-5-12(14)16/h3-9,19H,1-2H3. The number of methoxy groups -OCH3 is 1. The van der Waals surface area contributed by atoms with Crippen LogP contribution >= 0.6 is 15.9 Å². The summed E-state index contributed by atoms with van der Waals surface area (Å²) in [5, 5.41) is 3.14. The van der Waals surface area contributed by atoms with Gasteiger partial charge in [0.05, 0.1) is 12.8 Å². The first-order valence-electron chi connectivity index (χ1n) is 6.06. The Morgan fingerprint density at radius 2 is 1.90 bits per heavy atom. The maximum absolute atomic E-state index is 13.7. The lowest BCUT2D eigenvalue weighted by Crippen LogP contribution is -2.08. The van der Waals surface area contributed by atoms with E-state index in [1.165, 1.54) is 25.3 Å². The van der Waals surface area contributed by atoms with Crippen molar-refractivity contribution in [2.24, 2.45) is 0 Å². The van der Waals surface area contributed by atoms with Crippen LogP contribution in [0, 0.1) is 11.6 Å². The molecule has 0 aliphatic carbocycles. The van der Waals surface area contributed by atoms with Gasteiger partial charge >= 0.3 is 0 Å². The molecule has 1 N–H and O–H groups in total. The normalized spacial score (nSPS) is 12.1. The molecule has 0 amide bonds. The van der Waals surface area contributed by atoms with Crippen molar-refractivity contribution in [2.45, 2.75) is 13.0 Å². The van der Waals surface area contributed by atoms with Crippen molar-refractivity contribution in [3.63, 3.8) is 0 Å². The molecule has 0 spiro atoms. The van der Waals surface area contributed by atoms with Crippen LogP contribution in [0.5, 0.6) is 5.75 Å². The van der Waals surface area contributed by atoms with Gasteiger partial charge in [-0.1, -0.05) is 6.07 Å². The average molecular weight is 342 g/mol. The lowest BCUT2D eigenvalue weighted by atomic mass is 10.1. The Morgan fingerprint density at radius 3 is 2.55 bits per heavy atom. The number of ether oxygens (including phenoxy) is 1. The van der Waals surface area contributed by atoms with Crippen LogP contribution in [-0.2, 0) is 0 Å². The van der Waals surface area contributed by atoms with Crippen molar-refractivity contribution in [3.8, 4) is 5.75 Å². The van der Waals surface area contributed by atoms with Gasteiger partial charge in [-0.3, -0.25) is 0 Å². The van der Waals surface area contributed by atoms with Crippen LogP contribution in [0.25, 0.3) is 0 Å². The molecule has 0 fully saturated rings. The van der Waals surface area contributed by atoms with Gasteiger partial charge < -0.3 is 10.1 Å². The van der Waals surface area contributed by atoms with E-state index in [4.69, 9.17) is 4.74 Å². The number of halogens is 3. The molecule has 0 heterocycles. The third-order valence-corrected chi connectivity index (χ3v) is 3.67. The number of nitrogens with one attached hydrogen (secondary N) is 1. The smallest absolute Gasteiger partial charge is 0.165 e. The van der Waals surface area contributed by atoms with Crippen LogP contribution in [0.15, 0.2) is 40.9 Å². The van der Waals surface area contributed by atoms with E-state index in [0.717, 1.165) is 10.0 Å². The Bertz CT molecular complexity index is 619. The fraction of sp³-hybridized carbons (Fsp3) is 0.200. The van der Waals surface area contributed by atoms with Gasteiger partial charge in [0.2, 0.25) is 0 Å². The molecule has 2 rings (SSSR count). The molecule has 2 nitrogen and oxygen atoms in total. The van der Waals surface area contributed by atoms with E-state index in [1.807, 2.05) is 6.92 Å². The molecule has 0 saturated heterocycles. The van der Waals surface area contributed by atoms with E-state index in [0.29, 0.717) is 5.69 Å². The Hall–Kier alpha value is -1.62. The highest BCUT2D eigenvalue weighted by Gasteiger charge is 2.11. The molecular formula is C15H14BrF2NO. The number of anilines is 1. The summed E-state index contributed by atoms with van der Waals surface area (Å²) in [6.45, 7) is 1.87. The lowest BCUT2D eigenvalue weighted by Gasteiger charge is -2.17. The molecule has 0 aliphatic heterocycles. The molecule has 20 heavy (non-hydrogen) atoms. The van der Waals surface area contributed by atoms with Gasteiger partial charge in [0, 0.05) is 10.5 Å². The van der Waals surface area contributed by atoms with Gasteiger partial charge in [-0.2, -0.15) is 0 Å². The molecule has 106 valence electrons. The zero-order valence-corrected chi connectivity index (χ0v) is 12.7. The SMILES string of the molecule is COc1ccc(C(C)Nc2cc(F)ccc2Br)cc1F.